The summed E-state index contributed by atoms with van der Waals surface area (Å²) in [6, 6.07) is 5.74. The number of halogens is 4. The number of nitrogens with zero attached hydrogens (tertiary/aromatic N) is 3. The number of pyridine rings is 1. The van der Waals surface area contributed by atoms with Crippen LogP contribution in [0.5, 0.6) is 11.5 Å². The van der Waals surface area contributed by atoms with Gasteiger partial charge in [0, 0.05) is 18.0 Å². The number of anilines is 1. The zero-order valence-electron chi connectivity index (χ0n) is 14.7. The van der Waals surface area contributed by atoms with Gasteiger partial charge in [0.05, 0.1) is 15.8 Å². The molecule has 12 heteroatoms. The van der Waals surface area contributed by atoms with Crippen LogP contribution in [-0.2, 0) is 11.0 Å². The van der Waals surface area contributed by atoms with E-state index in [0.29, 0.717) is 17.2 Å². The minimum absolute atomic E-state index is 0.0746. The van der Waals surface area contributed by atoms with Crippen LogP contribution in [0, 0.1) is 0 Å². The van der Waals surface area contributed by atoms with Crippen LogP contribution < -0.4 is 14.8 Å². The number of amides is 1. The van der Waals surface area contributed by atoms with Crippen molar-refractivity contribution in [3.05, 3.63) is 41.0 Å². The second-order valence-corrected chi connectivity index (χ2v) is 7.78. The number of fused-ring (bicyclic) bond motifs is 2. The molecule has 4 rings (SSSR count). The monoisotopic (exact) mass is 444 g/mol. The summed E-state index contributed by atoms with van der Waals surface area (Å²) in [5.41, 5.74) is -0.361. The van der Waals surface area contributed by atoms with E-state index in [0.717, 1.165) is 28.4 Å². The third-order valence-electron chi connectivity index (χ3n) is 4.05. The third-order valence-corrected chi connectivity index (χ3v) is 5.38. The third kappa shape index (κ3) is 3.92. The number of rotatable bonds is 4. The fourth-order valence-electron chi connectivity index (χ4n) is 2.60. The molecule has 29 heavy (non-hydrogen) atoms. The highest BCUT2D eigenvalue weighted by Gasteiger charge is 2.32. The van der Waals surface area contributed by atoms with E-state index in [1.807, 2.05) is 0 Å². The zero-order chi connectivity index (χ0) is 20.8. The van der Waals surface area contributed by atoms with Crippen LogP contribution in [0.4, 0.5) is 18.9 Å². The minimum Gasteiger partial charge on any atom is -0.454 e. The van der Waals surface area contributed by atoms with Gasteiger partial charge >= 0.3 is 6.18 Å². The number of benzene rings is 1. The van der Waals surface area contributed by atoms with Gasteiger partial charge in [-0.05, 0) is 25.1 Å². The van der Waals surface area contributed by atoms with Crippen molar-refractivity contribution in [1.82, 2.24) is 14.6 Å². The average Bonchev–Trinajstić information content (AvgIpc) is 3.28. The topological polar surface area (TPSA) is 77.8 Å². The average molecular weight is 445 g/mol. The second kappa shape index (κ2) is 7.30. The summed E-state index contributed by atoms with van der Waals surface area (Å²) in [4.78, 5) is 12.5. The van der Waals surface area contributed by atoms with Crippen LogP contribution in [-0.4, -0.2) is 32.5 Å². The molecule has 0 spiro atoms. The molecule has 2 aromatic heterocycles. The molecule has 1 N–H and O–H groups in total. The number of nitrogens with one attached hydrogen (secondary N) is 1. The van der Waals surface area contributed by atoms with Crippen LogP contribution in [0.2, 0.25) is 5.02 Å². The van der Waals surface area contributed by atoms with Gasteiger partial charge in [0.2, 0.25) is 12.7 Å². The molecule has 3 heterocycles. The molecule has 0 fully saturated rings. The summed E-state index contributed by atoms with van der Waals surface area (Å²) < 4.78 is 50.8. The first-order chi connectivity index (χ1) is 13.7. The van der Waals surface area contributed by atoms with Gasteiger partial charge in [-0.1, -0.05) is 23.4 Å². The molecule has 1 aliphatic heterocycles. The fourth-order valence-corrected chi connectivity index (χ4v) is 3.67. The highest BCUT2D eigenvalue weighted by Crippen LogP contribution is 2.35. The SMILES string of the molecule is CC(Sc1nnc2c(Cl)cc(C(F)(F)F)cn12)C(=O)Nc1ccc2c(c1)OCO2. The van der Waals surface area contributed by atoms with Crippen molar-refractivity contribution in [1.29, 1.82) is 0 Å². The molecule has 152 valence electrons. The molecule has 1 aromatic carbocycles. The van der Waals surface area contributed by atoms with Crippen molar-refractivity contribution in [3.63, 3.8) is 0 Å². The van der Waals surface area contributed by atoms with Crippen LogP contribution in [0.1, 0.15) is 12.5 Å². The maximum atomic E-state index is 13.1. The van der Waals surface area contributed by atoms with Gasteiger partial charge in [-0.25, -0.2) is 0 Å². The molecule has 1 unspecified atom stereocenters. The van der Waals surface area contributed by atoms with Crippen molar-refractivity contribution >= 4 is 40.6 Å². The number of aromatic nitrogens is 3. The molecule has 3 aromatic rings. The Kier molecular flexibility index (Phi) is 4.95. The Balaban J connectivity index is 1.53. The number of carbonyl (C=O) groups is 1. The number of hydrogen-bond acceptors (Lipinski definition) is 6. The van der Waals surface area contributed by atoms with Gasteiger partial charge in [-0.15, -0.1) is 10.2 Å². The summed E-state index contributed by atoms with van der Waals surface area (Å²) in [6.07, 6.45) is -3.72. The van der Waals surface area contributed by atoms with E-state index in [1.165, 1.54) is 0 Å². The van der Waals surface area contributed by atoms with Gasteiger partial charge in [0.15, 0.2) is 22.3 Å². The van der Waals surface area contributed by atoms with Gasteiger partial charge < -0.3 is 14.8 Å². The Hall–Kier alpha value is -2.66. The Morgan fingerprint density at radius 2 is 2.03 bits per heavy atom. The highest BCUT2D eigenvalue weighted by molar-refractivity contribution is 8.00. The molecule has 1 atom stereocenters. The van der Waals surface area contributed by atoms with E-state index in [2.05, 4.69) is 15.5 Å². The predicted molar refractivity (Wildman–Crippen MR) is 99.5 cm³/mol. The number of alkyl halides is 3. The fraction of sp³-hybridized carbons (Fsp3) is 0.235. The lowest BCUT2D eigenvalue weighted by molar-refractivity contribution is -0.137. The first kappa shape index (κ1) is 19.6. The van der Waals surface area contributed by atoms with Crippen molar-refractivity contribution in [2.45, 2.75) is 23.5 Å². The van der Waals surface area contributed by atoms with Gasteiger partial charge in [0.25, 0.3) is 0 Å². The van der Waals surface area contributed by atoms with Crippen LogP contribution in [0.25, 0.3) is 5.65 Å². The zero-order valence-corrected chi connectivity index (χ0v) is 16.2. The molecule has 0 radical (unpaired) electrons. The van der Waals surface area contributed by atoms with E-state index >= 15 is 0 Å². The van der Waals surface area contributed by atoms with Crippen LogP contribution >= 0.6 is 23.4 Å². The Morgan fingerprint density at radius 3 is 2.79 bits per heavy atom. The number of thioether (sulfide) groups is 1. The maximum absolute atomic E-state index is 13.1. The van der Waals surface area contributed by atoms with Crippen molar-refractivity contribution in [3.8, 4) is 11.5 Å². The standard InChI is InChI=1S/C17H12ClF3N4O3S/c1-8(15(26)22-10-2-3-12-13(5-10)28-7-27-12)29-16-24-23-14-11(18)4-9(6-25(14)16)17(19,20)21/h2-6,8H,7H2,1H3,(H,22,26). The number of hydrogen-bond donors (Lipinski definition) is 1. The summed E-state index contributed by atoms with van der Waals surface area (Å²) in [5, 5.41) is 9.64. The lowest BCUT2D eigenvalue weighted by Crippen LogP contribution is -2.22. The van der Waals surface area contributed by atoms with E-state index in [1.54, 1.807) is 25.1 Å². The maximum Gasteiger partial charge on any atom is 0.417 e. The summed E-state index contributed by atoms with van der Waals surface area (Å²) in [7, 11) is 0. The normalized spacial score (nSPS) is 14.2. The predicted octanol–water partition coefficient (Wildman–Crippen LogP) is 4.25. The summed E-state index contributed by atoms with van der Waals surface area (Å²) in [6.45, 7) is 1.71. The molecule has 0 saturated carbocycles. The van der Waals surface area contributed by atoms with Crippen LogP contribution in [0.15, 0.2) is 35.6 Å². The molecular weight excluding hydrogens is 433 g/mol. The van der Waals surface area contributed by atoms with Crippen molar-refractivity contribution in [2.75, 3.05) is 12.1 Å². The highest BCUT2D eigenvalue weighted by atomic mass is 35.5. The Morgan fingerprint density at radius 1 is 1.28 bits per heavy atom. The molecular formula is C17H12ClF3N4O3S. The molecule has 7 nitrogen and oxygen atoms in total. The van der Waals surface area contributed by atoms with E-state index in [-0.39, 0.29) is 28.5 Å². The van der Waals surface area contributed by atoms with E-state index in [4.69, 9.17) is 21.1 Å². The molecule has 1 amide bonds. The van der Waals surface area contributed by atoms with Gasteiger partial charge in [-0.3, -0.25) is 9.20 Å². The second-order valence-electron chi connectivity index (χ2n) is 6.07. The first-order valence-corrected chi connectivity index (χ1v) is 9.47. The largest absolute Gasteiger partial charge is 0.454 e. The van der Waals surface area contributed by atoms with Gasteiger partial charge in [-0.2, -0.15) is 13.2 Å². The van der Waals surface area contributed by atoms with E-state index in [9.17, 15) is 18.0 Å². The lowest BCUT2D eigenvalue weighted by Gasteiger charge is -2.12. The van der Waals surface area contributed by atoms with Crippen molar-refractivity contribution in [2.24, 2.45) is 0 Å². The van der Waals surface area contributed by atoms with E-state index < -0.39 is 17.0 Å². The minimum atomic E-state index is -4.58. The molecule has 0 saturated heterocycles. The molecule has 0 aliphatic carbocycles. The lowest BCUT2D eigenvalue weighted by atomic mass is 10.2. The van der Waals surface area contributed by atoms with Crippen LogP contribution in [0.3, 0.4) is 0 Å². The summed E-state index contributed by atoms with van der Waals surface area (Å²) >= 11 is 6.86. The first-order valence-electron chi connectivity index (χ1n) is 8.21. The Bertz CT molecular complexity index is 1110. The quantitative estimate of drug-likeness (QED) is 0.606. The number of carbonyl (C=O) groups excluding carboxylic acids is 1. The van der Waals surface area contributed by atoms with Gasteiger partial charge in [0.1, 0.15) is 0 Å². The molecule has 0 bridgehead atoms. The Labute approximate surface area is 171 Å². The number of ether oxygens (including phenoxy) is 2. The molecule has 1 aliphatic rings. The van der Waals surface area contributed by atoms with Crippen molar-refractivity contribution < 1.29 is 27.4 Å². The smallest absolute Gasteiger partial charge is 0.417 e. The summed E-state index contributed by atoms with van der Waals surface area (Å²) in [5.74, 6) is 0.724.